The van der Waals surface area contributed by atoms with Crippen LogP contribution in [0.2, 0.25) is 0 Å². The van der Waals surface area contributed by atoms with Crippen LogP contribution >= 0.6 is 0 Å². The highest BCUT2D eigenvalue weighted by Gasteiger charge is 2.39. The number of ether oxygens (including phenoxy) is 1. The second-order valence-corrected chi connectivity index (χ2v) is 6.85. The SMILES string of the molecule is COC(C(CC1CCCC(F)(F)C1)NN)C(C)(C)C. The third-order valence-electron chi connectivity index (χ3n) is 4.02. The van der Waals surface area contributed by atoms with Gasteiger partial charge in [0, 0.05) is 26.0 Å². The molecule has 3 nitrogen and oxygen atoms in total. The molecule has 1 aliphatic carbocycles. The minimum atomic E-state index is -2.51. The highest BCUT2D eigenvalue weighted by Crippen LogP contribution is 2.39. The monoisotopic (exact) mass is 278 g/mol. The number of nitrogens with one attached hydrogen (secondary N) is 1. The van der Waals surface area contributed by atoms with Crippen molar-refractivity contribution in [3.63, 3.8) is 0 Å². The molecule has 1 rings (SSSR count). The molecule has 1 fully saturated rings. The van der Waals surface area contributed by atoms with Gasteiger partial charge in [0.1, 0.15) is 0 Å². The molecule has 0 aromatic heterocycles. The molecule has 3 unspecified atom stereocenters. The zero-order chi connectivity index (χ0) is 14.7. The Bertz CT molecular complexity index is 279. The zero-order valence-electron chi connectivity index (χ0n) is 12.5. The molecule has 114 valence electrons. The Hall–Kier alpha value is -0.260. The largest absolute Gasteiger partial charge is 0.379 e. The second-order valence-electron chi connectivity index (χ2n) is 6.85. The molecule has 3 atom stereocenters. The van der Waals surface area contributed by atoms with Crippen molar-refractivity contribution in [1.82, 2.24) is 5.43 Å². The lowest BCUT2D eigenvalue weighted by Crippen LogP contribution is -2.51. The first-order valence-corrected chi connectivity index (χ1v) is 7.06. The summed E-state index contributed by atoms with van der Waals surface area (Å²) < 4.78 is 32.4. The van der Waals surface area contributed by atoms with Crippen molar-refractivity contribution in [1.29, 1.82) is 0 Å². The number of hydrogen-bond acceptors (Lipinski definition) is 3. The molecule has 0 spiro atoms. The average molecular weight is 278 g/mol. The normalized spacial score (nSPS) is 27.0. The maximum absolute atomic E-state index is 13.4. The predicted molar refractivity (Wildman–Crippen MR) is 72.9 cm³/mol. The van der Waals surface area contributed by atoms with Gasteiger partial charge in [-0.15, -0.1) is 0 Å². The lowest BCUT2D eigenvalue weighted by atomic mass is 9.77. The van der Waals surface area contributed by atoms with Crippen LogP contribution < -0.4 is 11.3 Å². The van der Waals surface area contributed by atoms with Crippen LogP contribution in [-0.2, 0) is 4.74 Å². The maximum atomic E-state index is 13.4. The van der Waals surface area contributed by atoms with Gasteiger partial charge in [-0.25, -0.2) is 8.78 Å². The van der Waals surface area contributed by atoms with Crippen molar-refractivity contribution >= 4 is 0 Å². The summed E-state index contributed by atoms with van der Waals surface area (Å²) in [5.74, 6) is 3.12. The van der Waals surface area contributed by atoms with Crippen LogP contribution in [-0.4, -0.2) is 25.2 Å². The van der Waals surface area contributed by atoms with Gasteiger partial charge in [-0.2, -0.15) is 0 Å². The highest BCUT2D eigenvalue weighted by atomic mass is 19.3. The molecule has 0 radical (unpaired) electrons. The van der Waals surface area contributed by atoms with Gasteiger partial charge >= 0.3 is 0 Å². The lowest BCUT2D eigenvalue weighted by molar-refractivity contribution is -0.0636. The Morgan fingerprint density at radius 3 is 2.47 bits per heavy atom. The van der Waals surface area contributed by atoms with E-state index >= 15 is 0 Å². The Balaban J connectivity index is 2.65. The summed E-state index contributed by atoms with van der Waals surface area (Å²) in [5, 5.41) is 0. The molecule has 0 saturated heterocycles. The molecule has 5 heteroatoms. The molecule has 1 saturated carbocycles. The summed E-state index contributed by atoms with van der Waals surface area (Å²) in [7, 11) is 1.65. The molecule has 0 bridgehead atoms. The van der Waals surface area contributed by atoms with Gasteiger partial charge in [-0.1, -0.05) is 20.8 Å². The number of hydrazine groups is 1. The van der Waals surface area contributed by atoms with Crippen molar-refractivity contribution < 1.29 is 13.5 Å². The Morgan fingerprint density at radius 2 is 2.05 bits per heavy atom. The van der Waals surface area contributed by atoms with Crippen LogP contribution in [0, 0.1) is 11.3 Å². The number of methoxy groups -OCH3 is 1. The van der Waals surface area contributed by atoms with E-state index in [0.29, 0.717) is 12.8 Å². The smallest absolute Gasteiger partial charge is 0.248 e. The fourth-order valence-corrected chi connectivity index (χ4v) is 3.24. The Labute approximate surface area is 115 Å². The number of halogens is 2. The minimum Gasteiger partial charge on any atom is -0.379 e. The van der Waals surface area contributed by atoms with E-state index in [9.17, 15) is 8.78 Å². The summed E-state index contributed by atoms with van der Waals surface area (Å²) in [6.45, 7) is 6.21. The average Bonchev–Trinajstić information content (AvgIpc) is 2.25. The molecule has 0 aromatic rings. The molecule has 0 aliphatic heterocycles. The Morgan fingerprint density at radius 1 is 1.42 bits per heavy atom. The molecule has 0 heterocycles. The summed E-state index contributed by atoms with van der Waals surface area (Å²) in [6.07, 6.45) is 2.01. The van der Waals surface area contributed by atoms with Crippen LogP contribution in [0.5, 0.6) is 0 Å². The van der Waals surface area contributed by atoms with E-state index in [1.165, 1.54) is 0 Å². The van der Waals surface area contributed by atoms with Crippen molar-refractivity contribution in [2.45, 2.75) is 70.9 Å². The maximum Gasteiger partial charge on any atom is 0.248 e. The molecule has 1 aliphatic rings. The molecule has 0 aromatic carbocycles. The zero-order valence-corrected chi connectivity index (χ0v) is 12.5. The van der Waals surface area contributed by atoms with E-state index < -0.39 is 5.92 Å². The van der Waals surface area contributed by atoms with Crippen LogP contribution in [0.25, 0.3) is 0 Å². The van der Waals surface area contributed by atoms with Gasteiger partial charge < -0.3 is 4.74 Å². The topological polar surface area (TPSA) is 47.3 Å². The van der Waals surface area contributed by atoms with E-state index in [2.05, 4.69) is 26.2 Å². The third-order valence-corrected chi connectivity index (χ3v) is 4.02. The quantitative estimate of drug-likeness (QED) is 0.600. The number of rotatable bonds is 5. The minimum absolute atomic E-state index is 0.0183. The van der Waals surface area contributed by atoms with Crippen LogP contribution in [0.4, 0.5) is 8.78 Å². The van der Waals surface area contributed by atoms with E-state index in [1.54, 1.807) is 7.11 Å². The first-order valence-electron chi connectivity index (χ1n) is 7.06. The molecular weight excluding hydrogens is 250 g/mol. The third kappa shape index (κ3) is 4.97. The molecule has 3 N–H and O–H groups in total. The number of nitrogens with two attached hydrogens (primary N) is 1. The number of hydrogen-bond donors (Lipinski definition) is 2. The van der Waals surface area contributed by atoms with E-state index in [-0.39, 0.29) is 36.3 Å². The highest BCUT2D eigenvalue weighted by molar-refractivity contribution is 4.89. The van der Waals surface area contributed by atoms with Crippen molar-refractivity contribution in [2.75, 3.05) is 7.11 Å². The van der Waals surface area contributed by atoms with E-state index in [4.69, 9.17) is 10.6 Å². The lowest BCUT2D eigenvalue weighted by Gasteiger charge is -2.38. The fourth-order valence-electron chi connectivity index (χ4n) is 3.24. The second kappa shape index (κ2) is 6.46. The predicted octanol–water partition coefficient (Wildman–Crippen LogP) is 3.10. The fraction of sp³-hybridized carbons (Fsp3) is 1.00. The standard InChI is InChI=1S/C14H28F2N2O/c1-13(2,3)12(19-4)11(18-17)8-10-6-5-7-14(15,16)9-10/h10-12,18H,5-9,17H2,1-4H3. The summed E-state index contributed by atoms with van der Waals surface area (Å²) in [4.78, 5) is 0. The molecule has 19 heavy (non-hydrogen) atoms. The van der Waals surface area contributed by atoms with Gasteiger partial charge in [0.25, 0.3) is 0 Å². The van der Waals surface area contributed by atoms with Crippen LogP contribution in [0.15, 0.2) is 0 Å². The van der Waals surface area contributed by atoms with Gasteiger partial charge in [0.2, 0.25) is 5.92 Å². The molecular formula is C14H28F2N2O. The van der Waals surface area contributed by atoms with E-state index in [0.717, 1.165) is 6.42 Å². The van der Waals surface area contributed by atoms with Gasteiger partial charge in [-0.3, -0.25) is 11.3 Å². The van der Waals surface area contributed by atoms with Crippen molar-refractivity contribution in [2.24, 2.45) is 17.2 Å². The first kappa shape index (κ1) is 16.8. The summed E-state index contributed by atoms with van der Waals surface area (Å²) in [5.41, 5.74) is 2.68. The van der Waals surface area contributed by atoms with Crippen molar-refractivity contribution in [3.8, 4) is 0 Å². The molecule has 0 amide bonds. The Kier molecular flexibility index (Phi) is 5.71. The van der Waals surface area contributed by atoms with Gasteiger partial charge in [-0.05, 0) is 30.6 Å². The van der Waals surface area contributed by atoms with E-state index in [1.807, 2.05) is 0 Å². The number of alkyl halides is 2. The summed E-state index contributed by atoms with van der Waals surface area (Å²) >= 11 is 0. The van der Waals surface area contributed by atoms with Gasteiger partial charge in [0.05, 0.1) is 6.10 Å². The van der Waals surface area contributed by atoms with Crippen LogP contribution in [0.1, 0.15) is 52.9 Å². The van der Waals surface area contributed by atoms with Gasteiger partial charge in [0.15, 0.2) is 0 Å². The van der Waals surface area contributed by atoms with Crippen molar-refractivity contribution in [3.05, 3.63) is 0 Å². The van der Waals surface area contributed by atoms with Crippen LogP contribution in [0.3, 0.4) is 0 Å². The summed E-state index contributed by atoms with van der Waals surface area (Å²) in [6, 6.07) is -0.0936. The first-order chi connectivity index (χ1) is 8.69.